The molecule has 0 aliphatic rings. The van der Waals surface area contributed by atoms with Gasteiger partial charge in [-0.25, -0.2) is 0 Å². The summed E-state index contributed by atoms with van der Waals surface area (Å²) in [5, 5.41) is 10.4. The van der Waals surface area contributed by atoms with Crippen LogP contribution in [0, 0.1) is 0 Å². The van der Waals surface area contributed by atoms with Crippen LogP contribution in [0.4, 0.5) is 8.78 Å². The van der Waals surface area contributed by atoms with E-state index in [1.165, 1.54) is 24.3 Å². The van der Waals surface area contributed by atoms with Crippen LogP contribution in [-0.2, 0) is 11.2 Å². The second kappa shape index (κ2) is 5.41. The molecule has 0 aliphatic heterocycles. The number of aliphatic carboxylic acids is 1. The lowest BCUT2D eigenvalue weighted by molar-refractivity contribution is -0.437. The van der Waals surface area contributed by atoms with Gasteiger partial charge in [-0.15, -0.1) is 0 Å². The number of ether oxygens (including phenoxy) is 1. The van der Waals surface area contributed by atoms with Gasteiger partial charge in [-0.2, -0.15) is 8.78 Å². The zero-order chi connectivity index (χ0) is 12.1. The number of benzene rings is 1. The van der Waals surface area contributed by atoms with Crippen molar-refractivity contribution in [3.8, 4) is 5.75 Å². The van der Waals surface area contributed by atoms with E-state index in [4.69, 9.17) is 0 Å². The Morgan fingerprint density at radius 2 is 1.94 bits per heavy atom. The molecule has 1 atom stereocenters. The summed E-state index contributed by atoms with van der Waals surface area (Å²) in [5.74, 6) is -1.21. The first-order valence-corrected chi connectivity index (χ1v) is 4.56. The molecule has 1 aromatic carbocycles. The first kappa shape index (κ1) is 12.4. The highest BCUT2D eigenvalue weighted by Crippen LogP contribution is 2.15. The summed E-state index contributed by atoms with van der Waals surface area (Å²) in [5.41, 5.74) is 4.06. The van der Waals surface area contributed by atoms with Gasteiger partial charge in [0.05, 0.1) is 5.97 Å². The van der Waals surface area contributed by atoms with Crippen LogP contribution in [0.5, 0.6) is 5.75 Å². The molecule has 16 heavy (non-hydrogen) atoms. The molecule has 0 unspecified atom stereocenters. The molecule has 0 aromatic heterocycles. The van der Waals surface area contributed by atoms with Crippen molar-refractivity contribution in [2.45, 2.75) is 19.1 Å². The van der Waals surface area contributed by atoms with Gasteiger partial charge < -0.3 is 20.4 Å². The first-order chi connectivity index (χ1) is 7.49. The Kier molecular flexibility index (Phi) is 4.19. The summed E-state index contributed by atoms with van der Waals surface area (Å²) in [7, 11) is 0. The average molecular weight is 231 g/mol. The van der Waals surface area contributed by atoms with Gasteiger partial charge in [-0.1, -0.05) is 12.1 Å². The number of carboxylic acids is 1. The smallest absolute Gasteiger partial charge is 0.387 e. The van der Waals surface area contributed by atoms with Crippen molar-refractivity contribution >= 4 is 5.97 Å². The number of carbonyl (C=O) groups excluding carboxylic acids is 1. The van der Waals surface area contributed by atoms with Crippen LogP contribution < -0.4 is 15.6 Å². The highest BCUT2D eigenvalue weighted by atomic mass is 19.3. The van der Waals surface area contributed by atoms with Gasteiger partial charge in [0.1, 0.15) is 11.8 Å². The number of alkyl halides is 2. The van der Waals surface area contributed by atoms with Gasteiger partial charge in [-0.3, -0.25) is 0 Å². The zero-order valence-corrected chi connectivity index (χ0v) is 8.36. The van der Waals surface area contributed by atoms with E-state index in [1.54, 1.807) is 0 Å². The Bertz CT molecular complexity index is 354. The summed E-state index contributed by atoms with van der Waals surface area (Å²) in [4.78, 5) is 10.4. The van der Waals surface area contributed by atoms with Crippen molar-refractivity contribution in [3.05, 3.63) is 29.8 Å². The largest absolute Gasteiger partial charge is 0.544 e. The quantitative estimate of drug-likeness (QED) is 0.720. The highest BCUT2D eigenvalue weighted by molar-refractivity contribution is 5.69. The van der Waals surface area contributed by atoms with Crippen LogP contribution in [0.25, 0.3) is 0 Å². The summed E-state index contributed by atoms with van der Waals surface area (Å²) in [6.07, 6.45) is 0.192. The normalized spacial score (nSPS) is 12.5. The SMILES string of the molecule is [NH3+][C@H](Cc1ccc(OC(F)F)cc1)C(=O)[O-]. The third-order valence-corrected chi connectivity index (χ3v) is 1.96. The Morgan fingerprint density at radius 1 is 1.38 bits per heavy atom. The Labute approximate surface area is 90.6 Å². The molecule has 88 valence electrons. The fourth-order valence-corrected chi connectivity index (χ4v) is 1.17. The molecule has 0 heterocycles. The van der Waals surface area contributed by atoms with Crippen molar-refractivity contribution < 1.29 is 29.2 Å². The van der Waals surface area contributed by atoms with Gasteiger partial charge in [0.25, 0.3) is 0 Å². The van der Waals surface area contributed by atoms with Gasteiger partial charge in [0.2, 0.25) is 0 Å². The Balaban J connectivity index is 2.61. The minimum Gasteiger partial charge on any atom is -0.544 e. The number of halogens is 2. The Morgan fingerprint density at radius 3 is 2.38 bits per heavy atom. The molecule has 0 spiro atoms. The van der Waals surface area contributed by atoms with E-state index < -0.39 is 18.6 Å². The summed E-state index contributed by atoms with van der Waals surface area (Å²) >= 11 is 0. The van der Waals surface area contributed by atoms with Crippen molar-refractivity contribution in [1.82, 2.24) is 0 Å². The molecule has 3 N–H and O–H groups in total. The molecule has 1 rings (SSSR count). The molecule has 6 heteroatoms. The molecule has 0 radical (unpaired) electrons. The fourth-order valence-electron chi connectivity index (χ4n) is 1.17. The van der Waals surface area contributed by atoms with E-state index in [1.807, 2.05) is 0 Å². The zero-order valence-electron chi connectivity index (χ0n) is 8.36. The number of hydrogen-bond donors (Lipinski definition) is 1. The lowest BCUT2D eigenvalue weighted by Crippen LogP contribution is -2.69. The number of carboxylic acid groups (broad SMARTS) is 1. The lowest BCUT2D eigenvalue weighted by atomic mass is 10.1. The predicted octanol–water partition coefficient (Wildman–Crippen LogP) is -0.809. The van der Waals surface area contributed by atoms with E-state index in [0.717, 1.165) is 0 Å². The van der Waals surface area contributed by atoms with E-state index in [0.29, 0.717) is 5.56 Å². The van der Waals surface area contributed by atoms with Gasteiger partial charge in [0.15, 0.2) is 0 Å². The van der Waals surface area contributed by atoms with Gasteiger partial charge in [0, 0.05) is 6.42 Å². The minimum absolute atomic E-state index is 0.0350. The van der Waals surface area contributed by atoms with E-state index >= 15 is 0 Å². The molecule has 4 nitrogen and oxygen atoms in total. The maximum absolute atomic E-state index is 11.8. The van der Waals surface area contributed by atoms with E-state index in [9.17, 15) is 18.7 Å². The van der Waals surface area contributed by atoms with Gasteiger partial charge >= 0.3 is 6.61 Å². The van der Waals surface area contributed by atoms with Crippen LogP contribution in [0.3, 0.4) is 0 Å². The molecule has 0 bridgehead atoms. The highest BCUT2D eigenvalue weighted by Gasteiger charge is 2.09. The summed E-state index contributed by atoms with van der Waals surface area (Å²) in [6.45, 7) is -2.87. The third-order valence-electron chi connectivity index (χ3n) is 1.96. The monoisotopic (exact) mass is 231 g/mol. The molecule has 0 saturated carbocycles. The van der Waals surface area contributed by atoms with Crippen LogP contribution in [-0.4, -0.2) is 18.6 Å². The molecule has 1 aromatic rings. The topological polar surface area (TPSA) is 77.0 Å². The molecule has 0 aliphatic carbocycles. The molecular formula is C10H11F2NO3. The van der Waals surface area contributed by atoms with Crippen molar-refractivity contribution in [2.24, 2.45) is 0 Å². The second-order valence-electron chi connectivity index (χ2n) is 3.24. The van der Waals surface area contributed by atoms with Crippen LogP contribution >= 0.6 is 0 Å². The predicted molar refractivity (Wildman–Crippen MR) is 48.5 cm³/mol. The standard InChI is InChI=1S/C10H11F2NO3/c11-10(12)16-7-3-1-6(2-4-7)5-8(13)9(14)15/h1-4,8,10H,5,13H2,(H,14,15)/t8-/m1/s1. The maximum atomic E-state index is 11.8. The number of quaternary nitrogens is 1. The molecule has 0 saturated heterocycles. The number of carbonyl (C=O) groups is 1. The molecular weight excluding hydrogens is 220 g/mol. The van der Waals surface area contributed by atoms with E-state index in [-0.39, 0.29) is 12.2 Å². The first-order valence-electron chi connectivity index (χ1n) is 4.56. The fraction of sp³-hybridized carbons (Fsp3) is 0.300. The minimum atomic E-state index is -2.87. The maximum Gasteiger partial charge on any atom is 0.387 e. The van der Waals surface area contributed by atoms with Crippen LogP contribution in [0.1, 0.15) is 5.56 Å². The van der Waals surface area contributed by atoms with Crippen LogP contribution in [0.15, 0.2) is 24.3 Å². The van der Waals surface area contributed by atoms with Crippen molar-refractivity contribution in [1.29, 1.82) is 0 Å². The average Bonchev–Trinajstić information content (AvgIpc) is 2.20. The summed E-state index contributed by atoms with van der Waals surface area (Å²) in [6, 6.07) is 4.87. The lowest BCUT2D eigenvalue weighted by Gasteiger charge is -2.10. The third kappa shape index (κ3) is 3.82. The van der Waals surface area contributed by atoms with Crippen molar-refractivity contribution in [2.75, 3.05) is 0 Å². The Hall–Kier alpha value is -1.69. The second-order valence-corrected chi connectivity index (χ2v) is 3.24. The number of hydrogen-bond acceptors (Lipinski definition) is 3. The number of rotatable bonds is 5. The van der Waals surface area contributed by atoms with Crippen molar-refractivity contribution in [3.63, 3.8) is 0 Å². The van der Waals surface area contributed by atoms with E-state index in [2.05, 4.69) is 10.5 Å². The molecule has 0 fully saturated rings. The molecule has 0 amide bonds. The summed E-state index contributed by atoms with van der Waals surface area (Å²) < 4.78 is 27.8. The van der Waals surface area contributed by atoms with Crippen LogP contribution in [0.2, 0.25) is 0 Å². The van der Waals surface area contributed by atoms with Gasteiger partial charge in [-0.05, 0) is 17.7 Å².